The van der Waals surface area contributed by atoms with E-state index in [0.29, 0.717) is 11.5 Å². The summed E-state index contributed by atoms with van der Waals surface area (Å²) in [5, 5.41) is 14.3. The van der Waals surface area contributed by atoms with Crippen molar-refractivity contribution in [2.24, 2.45) is 0 Å². The third-order valence-corrected chi connectivity index (χ3v) is 3.12. The van der Waals surface area contributed by atoms with Crippen LogP contribution in [0.3, 0.4) is 0 Å². The Bertz CT molecular complexity index is 861. The maximum atomic E-state index is 12.3. The molecule has 0 atom stereocenters. The number of nitrogens with zero attached hydrogens (tertiary/aromatic N) is 5. The Morgan fingerprint density at radius 1 is 1.12 bits per heavy atom. The SMILES string of the molecule is COC(=O)c1ccccc1NC(=O)c1ccc(-n2cncn2)nn1. The summed E-state index contributed by atoms with van der Waals surface area (Å²) in [7, 11) is 1.27. The summed E-state index contributed by atoms with van der Waals surface area (Å²) >= 11 is 0. The normalized spacial score (nSPS) is 10.2. The average molecular weight is 324 g/mol. The van der Waals surface area contributed by atoms with Gasteiger partial charge in [0.1, 0.15) is 12.7 Å². The summed E-state index contributed by atoms with van der Waals surface area (Å²) in [5.74, 6) is -0.610. The molecule has 0 fully saturated rings. The molecule has 9 nitrogen and oxygen atoms in total. The summed E-state index contributed by atoms with van der Waals surface area (Å²) in [6.45, 7) is 0. The molecule has 0 spiro atoms. The summed E-state index contributed by atoms with van der Waals surface area (Å²) in [6.07, 6.45) is 2.84. The molecule has 1 aromatic carbocycles. The number of aromatic nitrogens is 5. The molecular weight excluding hydrogens is 312 g/mol. The second-order valence-electron chi connectivity index (χ2n) is 4.61. The Morgan fingerprint density at radius 2 is 1.96 bits per heavy atom. The zero-order valence-corrected chi connectivity index (χ0v) is 12.6. The van der Waals surface area contributed by atoms with Crippen molar-refractivity contribution in [3.05, 3.63) is 60.3 Å². The smallest absolute Gasteiger partial charge is 0.339 e. The molecule has 24 heavy (non-hydrogen) atoms. The first-order chi connectivity index (χ1) is 11.7. The fraction of sp³-hybridized carbons (Fsp3) is 0.0667. The highest BCUT2D eigenvalue weighted by Gasteiger charge is 2.15. The number of methoxy groups -OCH3 is 1. The number of carbonyl (C=O) groups is 2. The predicted molar refractivity (Wildman–Crippen MR) is 82.7 cm³/mol. The van der Waals surface area contributed by atoms with Gasteiger partial charge in [0.25, 0.3) is 5.91 Å². The standard InChI is InChI=1S/C15H12N6O3/c1-24-15(23)10-4-2-3-5-11(10)18-14(22)12-6-7-13(20-19-12)21-9-16-8-17-21/h2-9H,1H3,(H,18,22). The van der Waals surface area contributed by atoms with Crippen molar-refractivity contribution >= 4 is 17.6 Å². The third kappa shape index (κ3) is 3.09. The molecule has 2 heterocycles. The van der Waals surface area contributed by atoms with Gasteiger partial charge in [0.15, 0.2) is 11.5 Å². The molecule has 3 aromatic rings. The Balaban J connectivity index is 1.80. The van der Waals surface area contributed by atoms with E-state index in [1.807, 2.05) is 0 Å². The van der Waals surface area contributed by atoms with E-state index >= 15 is 0 Å². The van der Waals surface area contributed by atoms with E-state index in [1.54, 1.807) is 30.3 Å². The van der Waals surface area contributed by atoms with Crippen LogP contribution in [0.2, 0.25) is 0 Å². The first-order valence-corrected chi connectivity index (χ1v) is 6.86. The number of nitrogens with one attached hydrogen (secondary N) is 1. The molecule has 0 radical (unpaired) electrons. The van der Waals surface area contributed by atoms with E-state index in [0.717, 1.165) is 0 Å². The highest BCUT2D eigenvalue weighted by Crippen LogP contribution is 2.16. The zero-order valence-electron chi connectivity index (χ0n) is 12.6. The number of carbonyl (C=O) groups excluding carboxylic acids is 2. The number of anilines is 1. The van der Waals surface area contributed by atoms with E-state index in [9.17, 15) is 9.59 Å². The van der Waals surface area contributed by atoms with Gasteiger partial charge in [0, 0.05) is 0 Å². The minimum absolute atomic E-state index is 0.0959. The third-order valence-electron chi connectivity index (χ3n) is 3.12. The van der Waals surface area contributed by atoms with Crippen LogP contribution in [0, 0.1) is 0 Å². The average Bonchev–Trinajstić information content (AvgIpc) is 3.16. The number of hydrogen-bond acceptors (Lipinski definition) is 7. The van der Waals surface area contributed by atoms with Crippen molar-refractivity contribution in [1.82, 2.24) is 25.0 Å². The van der Waals surface area contributed by atoms with Crippen LogP contribution < -0.4 is 5.32 Å². The molecule has 0 saturated heterocycles. The lowest BCUT2D eigenvalue weighted by Gasteiger charge is -2.09. The molecule has 120 valence electrons. The molecule has 0 bridgehead atoms. The van der Waals surface area contributed by atoms with Crippen molar-refractivity contribution in [2.45, 2.75) is 0 Å². The van der Waals surface area contributed by atoms with Gasteiger partial charge in [-0.05, 0) is 24.3 Å². The van der Waals surface area contributed by atoms with E-state index < -0.39 is 11.9 Å². The zero-order chi connectivity index (χ0) is 16.9. The molecule has 0 aliphatic heterocycles. The molecule has 1 amide bonds. The number of hydrogen-bond donors (Lipinski definition) is 1. The molecule has 3 rings (SSSR count). The number of para-hydroxylation sites is 1. The van der Waals surface area contributed by atoms with Crippen LogP contribution in [0.25, 0.3) is 5.82 Å². The van der Waals surface area contributed by atoms with Crippen molar-refractivity contribution in [2.75, 3.05) is 12.4 Å². The quantitative estimate of drug-likeness (QED) is 0.715. The van der Waals surface area contributed by atoms with Gasteiger partial charge in [-0.1, -0.05) is 12.1 Å². The minimum atomic E-state index is -0.543. The first kappa shape index (κ1) is 15.3. The summed E-state index contributed by atoms with van der Waals surface area (Å²) in [5.41, 5.74) is 0.676. The second kappa shape index (κ2) is 6.65. The molecular formula is C15H12N6O3. The number of benzene rings is 1. The topological polar surface area (TPSA) is 112 Å². The maximum Gasteiger partial charge on any atom is 0.339 e. The Hall–Kier alpha value is -3.62. The van der Waals surface area contributed by atoms with Crippen LogP contribution >= 0.6 is 0 Å². The highest BCUT2D eigenvalue weighted by atomic mass is 16.5. The Morgan fingerprint density at radius 3 is 2.62 bits per heavy atom. The number of rotatable bonds is 4. The van der Waals surface area contributed by atoms with Gasteiger partial charge in [-0.3, -0.25) is 4.79 Å². The van der Waals surface area contributed by atoms with Gasteiger partial charge < -0.3 is 10.1 Å². The lowest BCUT2D eigenvalue weighted by molar-refractivity contribution is 0.0602. The summed E-state index contributed by atoms with van der Waals surface area (Å²) in [4.78, 5) is 27.8. The number of ether oxygens (including phenoxy) is 1. The molecule has 2 aromatic heterocycles. The molecule has 9 heteroatoms. The summed E-state index contributed by atoms with van der Waals surface area (Å²) in [6, 6.07) is 9.61. The Kier molecular flexibility index (Phi) is 4.23. The predicted octanol–water partition coefficient (Wildman–Crippen LogP) is 1.10. The van der Waals surface area contributed by atoms with Gasteiger partial charge in [-0.2, -0.15) is 5.10 Å². The van der Waals surface area contributed by atoms with E-state index in [-0.39, 0.29) is 11.3 Å². The maximum absolute atomic E-state index is 12.3. The van der Waals surface area contributed by atoms with Gasteiger partial charge in [-0.15, -0.1) is 10.2 Å². The van der Waals surface area contributed by atoms with Crippen LogP contribution in [0.5, 0.6) is 0 Å². The van der Waals surface area contributed by atoms with Gasteiger partial charge >= 0.3 is 5.97 Å². The molecule has 0 unspecified atom stereocenters. The van der Waals surface area contributed by atoms with Crippen LogP contribution in [-0.2, 0) is 4.74 Å². The first-order valence-electron chi connectivity index (χ1n) is 6.86. The monoisotopic (exact) mass is 324 g/mol. The van der Waals surface area contributed by atoms with E-state index in [4.69, 9.17) is 0 Å². The molecule has 0 saturated carbocycles. The van der Waals surface area contributed by atoms with Crippen molar-refractivity contribution < 1.29 is 14.3 Å². The van der Waals surface area contributed by atoms with Crippen molar-refractivity contribution in [3.63, 3.8) is 0 Å². The van der Waals surface area contributed by atoms with Crippen molar-refractivity contribution in [3.8, 4) is 5.82 Å². The lowest BCUT2D eigenvalue weighted by Crippen LogP contribution is -2.17. The fourth-order valence-electron chi connectivity index (χ4n) is 1.96. The Labute approximate surface area is 136 Å². The van der Waals surface area contributed by atoms with Crippen LogP contribution in [0.15, 0.2) is 49.1 Å². The second-order valence-corrected chi connectivity index (χ2v) is 4.61. The van der Waals surface area contributed by atoms with Gasteiger partial charge in [0.2, 0.25) is 0 Å². The van der Waals surface area contributed by atoms with Crippen molar-refractivity contribution in [1.29, 1.82) is 0 Å². The number of esters is 1. The number of amides is 1. The van der Waals surface area contributed by atoms with Crippen LogP contribution in [0.1, 0.15) is 20.8 Å². The fourth-order valence-corrected chi connectivity index (χ4v) is 1.96. The van der Waals surface area contributed by atoms with Gasteiger partial charge in [0.05, 0.1) is 18.4 Å². The van der Waals surface area contributed by atoms with Crippen LogP contribution in [-0.4, -0.2) is 43.9 Å². The lowest BCUT2D eigenvalue weighted by atomic mass is 10.1. The molecule has 1 N–H and O–H groups in total. The largest absolute Gasteiger partial charge is 0.465 e. The minimum Gasteiger partial charge on any atom is -0.465 e. The van der Waals surface area contributed by atoms with Gasteiger partial charge in [-0.25, -0.2) is 14.5 Å². The van der Waals surface area contributed by atoms with E-state index in [2.05, 4.69) is 30.3 Å². The van der Waals surface area contributed by atoms with E-state index in [1.165, 1.54) is 30.5 Å². The van der Waals surface area contributed by atoms with Crippen LogP contribution in [0.4, 0.5) is 5.69 Å². The summed E-state index contributed by atoms with van der Waals surface area (Å²) < 4.78 is 6.11. The molecule has 0 aliphatic carbocycles. The molecule has 0 aliphatic rings. The highest BCUT2D eigenvalue weighted by molar-refractivity contribution is 6.06.